The topological polar surface area (TPSA) is 66.0 Å². The molecule has 0 aliphatic rings. The van der Waals surface area contributed by atoms with E-state index in [4.69, 9.17) is 20.0 Å². The Morgan fingerprint density at radius 2 is 1.60 bits per heavy atom. The average Bonchev–Trinajstić information content (AvgIpc) is 2.64. The molecule has 2 aromatic carbocycles. The lowest BCUT2D eigenvalue weighted by Crippen LogP contribution is -2.06. The summed E-state index contributed by atoms with van der Waals surface area (Å²) in [7, 11) is 0. The minimum Gasteiger partial charge on any atom is -0.388 e. The largest absolute Gasteiger partial charge is 0.388 e. The molecule has 0 heterocycles. The third kappa shape index (κ3) is 4.99. The molecule has 0 saturated heterocycles. The molecule has 128 valence electrons. The summed E-state index contributed by atoms with van der Waals surface area (Å²) in [5.74, 6) is 1.87. The first-order chi connectivity index (χ1) is 12.2. The van der Waals surface area contributed by atoms with Gasteiger partial charge >= 0.3 is 0 Å². The van der Waals surface area contributed by atoms with Crippen molar-refractivity contribution in [3.63, 3.8) is 0 Å². The van der Waals surface area contributed by atoms with Gasteiger partial charge < -0.3 is 9.47 Å². The fourth-order valence-electron chi connectivity index (χ4n) is 2.89. The van der Waals surface area contributed by atoms with E-state index in [1.54, 1.807) is 24.6 Å². The van der Waals surface area contributed by atoms with Gasteiger partial charge in [-0.2, -0.15) is 0 Å². The molecule has 0 amide bonds. The molecule has 4 heteroatoms. The highest BCUT2D eigenvalue weighted by Gasteiger charge is 2.19. The predicted molar refractivity (Wildman–Crippen MR) is 95.9 cm³/mol. The van der Waals surface area contributed by atoms with Gasteiger partial charge in [-0.05, 0) is 42.5 Å². The van der Waals surface area contributed by atoms with Crippen LogP contribution >= 0.6 is 0 Å². The van der Waals surface area contributed by atoms with Gasteiger partial charge in [0.15, 0.2) is 0 Å². The van der Waals surface area contributed by atoms with E-state index in [1.807, 2.05) is 36.4 Å². The molecular formula is C21H22N2O2. The second-order valence-corrected chi connectivity index (χ2v) is 6.14. The Kier molecular flexibility index (Phi) is 6.87. The highest BCUT2D eigenvalue weighted by Crippen LogP contribution is 2.37. The molecule has 0 bridgehead atoms. The molecule has 2 atom stereocenters. The Bertz CT molecular complexity index is 757. The van der Waals surface area contributed by atoms with Gasteiger partial charge in [0.2, 0.25) is 0 Å². The lowest BCUT2D eigenvalue weighted by molar-refractivity contribution is 0.462. The smallest absolute Gasteiger partial charge is 0.292 e. The van der Waals surface area contributed by atoms with E-state index in [2.05, 4.69) is 13.8 Å². The van der Waals surface area contributed by atoms with Gasteiger partial charge in [-0.15, -0.1) is 10.5 Å². The lowest BCUT2D eigenvalue weighted by Gasteiger charge is -2.21. The van der Waals surface area contributed by atoms with Crippen molar-refractivity contribution >= 4 is 0 Å². The second kappa shape index (κ2) is 9.35. The average molecular weight is 334 g/mol. The lowest BCUT2D eigenvalue weighted by atomic mass is 9.84. The summed E-state index contributed by atoms with van der Waals surface area (Å²) in [5.41, 5.74) is 2.11. The van der Waals surface area contributed by atoms with Gasteiger partial charge in [-0.25, -0.2) is 0 Å². The molecule has 0 aromatic heterocycles. The van der Waals surface area contributed by atoms with E-state index in [9.17, 15) is 0 Å². The van der Waals surface area contributed by atoms with Crippen molar-refractivity contribution < 1.29 is 9.47 Å². The molecule has 4 nitrogen and oxygen atoms in total. The van der Waals surface area contributed by atoms with Crippen molar-refractivity contribution in [2.45, 2.75) is 39.0 Å². The van der Waals surface area contributed by atoms with Gasteiger partial charge in [0.05, 0.1) is 0 Å². The van der Waals surface area contributed by atoms with Crippen LogP contribution in [0, 0.1) is 29.0 Å². The maximum absolute atomic E-state index is 8.93. The highest BCUT2D eigenvalue weighted by molar-refractivity contribution is 5.43. The number of rotatable bonds is 8. The molecule has 2 unspecified atom stereocenters. The van der Waals surface area contributed by atoms with Crippen molar-refractivity contribution in [3.8, 4) is 24.0 Å². The van der Waals surface area contributed by atoms with Crippen LogP contribution in [0.4, 0.5) is 0 Å². The van der Waals surface area contributed by atoms with Crippen LogP contribution in [-0.4, -0.2) is 0 Å². The Morgan fingerprint density at radius 1 is 0.920 bits per heavy atom. The fourth-order valence-corrected chi connectivity index (χ4v) is 2.89. The van der Waals surface area contributed by atoms with E-state index in [0.29, 0.717) is 17.4 Å². The first-order valence-corrected chi connectivity index (χ1v) is 8.50. The second-order valence-electron chi connectivity index (χ2n) is 6.14. The maximum Gasteiger partial charge on any atom is 0.292 e. The zero-order valence-electron chi connectivity index (χ0n) is 14.6. The van der Waals surface area contributed by atoms with Crippen LogP contribution in [0.3, 0.4) is 0 Å². The summed E-state index contributed by atoms with van der Waals surface area (Å²) in [6.07, 6.45) is 6.63. The molecular weight excluding hydrogens is 312 g/mol. The molecule has 2 aromatic rings. The van der Waals surface area contributed by atoms with Crippen LogP contribution in [0.1, 0.15) is 50.2 Å². The summed E-state index contributed by atoms with van der Waals surface area (Å²) >= 11 is 0. The normalized spacial score (nSPS) is 12.5. The number of hydrogen-bond acceptors (Lipinski definition) is 4. The first-order valence-electron chi connectivity index (χ1n) is 8.50. The molecule has 0 radical (unpaired) electrons. The number of hydrogen-bond donors (Lipinski definition) is 0. The monoisotopic (exact) mass is 334 g/mol. The predicted octanol–water partition coefficient (Wildman–Crippen LogP) is 5.36. The fraction of sp³-hybridized carbons (Fsp3) is 0.333. The molecule has 0 N–H and O–H groups in total. The van der Waals surface area contributed by atoms with Crippen molar-refractivity contribution in [3.05, 3.63) is 59.7 Å². The number of benzene rings is 2. The van der Waals surface area contributed by atoms with Crippen molar-refractivity contribution in [2.75, 3.05) is 0 Å². The molecule has 2 rings (SSSR count). The summed E-state index contributed by atoms with van der Waals surface area (Å²) in [4.78, 5) is 0. The zero-order chi connectivity index (χ0) is 18.1. The molecule has 0 spiro atoms. The molecule has 0 saturated carbocycles. The molecule has 0 aliphatic heterocycles. The van der Waals surface area contributed by atoms with Crippen molar-refractivity contribution in [1.29, 1.82) is 10.5 Å². The van der Waals surface area contributed by atoms with Crippen LogP contribution in [0.25, 0.3) is 0 Å². The number of ether oxygens (including phenoxy) is 2. The summed E-state index contributed by atoms with van der Waals surface area (Å²) in [6, 6.07) is 15.2. The molecule has 25 heavy (non-hydrogen) atoms. The van der Waals surface area contributed by atoms with Crippen LogP contribution < -0.4 is 9.47 Å². The third-order valence-corrected chi connectivity index (χ3v) is 4.54. The third-order valence-electron chi connectivity index (χ3n) is 4.54. The standard InChI is InChI=1S/C21H22N2O2/c1-3-16(2)8-13-19(17-9-11-18(12-10-17)24-14-22)20-6-4-5-7-21(20)25-15-23/h4-7,9-12,16,19H,3,8,13H2,1-2H3. The van der Waals surface area contributed by atoms with E-state index in [-0.39, 0.29) is 5.92 Å². The SMILES string of the molecule is CCC(C)CCC(c1ccc(OC#N)cc1)c1ccccc1OC#N. The molecule has 0 aliphatic carbocycles. The zero-order valence-corrected chi connectivity index (χ0v) is 14.6. The van der Waals surface area contributed by atoms with Crippen molar-refractivity contribution in [2.24, 2.45) is 5.92 Å². The van der Waals surface area contributed by atoms with Crippen LogP contribution in [0.15, 0.2) is 48.5 Å². The van der Waals surface area contributed by atoms with Gasteiger partial charge in [0.25, 0.3) is 12.5 Å². The Labute approximate surface area is 149 Å². The van der Waals surface area contributed by atoms with E-state index in [0.717, 1.165) is 30.4 Å². The van der Waals surface area contributed by atoms with Gasteiger partial charge in [-0.3, -0.25) is 0 Å². The highest BCUT2D eigenvalue weighted by atomic mass is 16.5. The molecule has 0 fully saturated rings. The van der Waals surface area contributed by atoms with E-state index in [1.165, 1.54) is 0 Å². The van der Waals surface area contributed by atoms with E-state index < -0.39 is 0 Å². The number of para-hydroxylation sites is 1. The summed E-state index contributed by atoms with van der Waals surface area (Å²) in [6.45, 7) is 4.44. The minimum atomic E-state index is 0.120. The number of nitrogens with zero attached hydrogens (tertiary/aromatic N) is 2. The van der Waals surface area contributed by atoms with Crippen LogP contribution in [0.2, 0.25) is 0 Å². The van der Waals surface area contributed by atoms with Gasteiger partial charge in [-0.1, -0.05) is 50.6 Å². The Hall–Kier alpha value is -2.98. The van der Waals surface area contributed by atoms with E-state index >= 15 is 0 Å². The first kappa shape index (κ1) is 18.4. The van der Waals surface area contributed by atoms with Gasteiger partial charge in [0.1, 0.15) is 11.5 Å². The summed E-state index contributed by atoms with van der Waals surface area (Å²) < 4.78 is 10.0. The summed E-state index contributed by atoms with van der Waals surface area (Å²) in [5, 5.41) is 17.6. The maximum atomic E-state index is 8.93. The Morgan fingerprint density at radius 3 is 2.24 bits per heavy atom. The van der Waals surface area contributed by atoms with Gasteiger partial charge in [0, 0.05) is 11.5 Å². The van der Waals surface area contributed by atoms with Crippen LogP contribution in [0.5, 0.6) is 11.5 Å². The van der Waals surface area contributed by atoms with Crippen LogP contribution in [-0.2, 0) is 0 Å². The quantitative estimate of drug-likeness (QED) is 0.609. The number of nitriles is 2. The minimum absolute atomic E-state index is 0.120. The van der Waals surface area contributed by atoms with Crippen molar-refractivity contribution in [1.82, 2.24) is 0 Å². The Balaban J connectivity index is 2.36.